The zero-order valence-corrected chi connectivity index (χ0v) is 10.7. The number of carbonyl (C=O) groups is 1. The Balaban J connectivity index is 1.82. The van der Waals surface area contributed by atoms with Gasteiger partial charge in [-0.15, -0.1) is 0 Å². The average molecular weight is 248 g/mol. The maximum Gasteiger partial charge on any atom is 0.244 e. The highest BCUT2D eigenvalue weighted by Crippen LogP contribution is 2.30. The van der Waals surface area contributed by atoms with Gasteiger partial charge in [-0.25, -0.2) is 0 Å². The third-order valence-corrected chi connectivity index (χ3v) is 4.26. The molecule has 3 rings (SSSR count). The predicted molar refractivity (Wildman–Crippen MR) is 68.8 cm³/mol. The number of nitrogens with one attached hydrogen (secondary N) is 1. The van der Waals surface area contributed by atoms with Crippen molar-refractivity contribution in [2.45, 2.75) is 37.5 Å². The summed E-state index contributed by atoms with van der Waals surface area (Å²) in [7, 11) is 1.84. The summed E-state index contributed by atoms with van der Waals surface area (Å²) < 4.78 is 5.61. The van der Waals surface area contributed by atoms with Crippen LogP contribution in [-0.2, 0) is 9.53 Å². The smallest absolute Gasteiger partial charge is 0.244 e. The molecule has 1 fully saturated rings. The van der Waals surface area contributed by atoms with Crippen LogP contribution < -0.4 is 5.32 Å². The summed E-state index contributed by atoms with van der Waals surface area (Å²) in [6, 6.07) is 0.0673. The lowest BCUT2D eigenvalue weighted by Crippen LogP contribution is -2.52. The lowest BCUT2D eigenvalue weighted by molar-refractivity contribution is -0.136. The van der Waals surface area contributed by atoms with Crippen LogP contribution in [0.1, 0.15) is 19.3 Å². The second kappa shape index (κ2) is 4.76. The molecule has 18 heavy (non-hydrogen) atoms. The molecule has 0 aromatic carbocycles. The molecular formula is C14H20N2O2. The molecule has 0 aromatic rings. The first-order chi connectivity index (χ1) is 8.81. The van der Waals surface area contributed by atoms with Crippen LogP contribution in [0.15, 0.2) is 24.5 Å². The number of nitrogens with zero attached hydrogens (tertiary/aromatic N) is 1. The fourth-order valence-electron chi connectivity index (χ4n) is 3.24. The van der Waals surface area contributed by atoms with Gasteiger partial charge < -0.3 is 15.0 Å². The molecule has 0 spiro atoms. The van der Waals surface area contributed by atoms with E-state index in [1.54, 1.807) is 6.26 Å². The number of rotatable bonds is 2. The Labute approximate surface area is 108 Å². The van der Waals surface area contributed by atoms with Gasteiger partial charge in [-0.1, -0.05) is 12.2 Å². The van der Waals surface area contributed by atoms with Crippen molar-refractivity contribution in [3.05, 3.63) is 24.5 Å². The van der Waals surface area contributed by atoms with Crippen LogP contribution in [0.25, 0.3) is 0 Å². The summed E-state index contributed by atoms with van der Waals surface area (Å²) in [6.45, 7) is 0.834. The Kier molecular flexibility index (Phi) is 3.12. The first kappa shape index (κ1) is 11.8. The highest BCUT2D eigenvalue weighted by molar-refractivity contribution is 5.83. The fourth-order valence-corrected chi connectivity index (χ4v) is 3.24. The van der Waals surface area contributed by atoms with Gasteiger partial charge in [0.1, 0.15) is 12.1 Å². The SMILES string of the molecule is CNC1C(=O)N(C2C=CCC2)CCC2C=COC21. The van der Waals surface area contributed by atoms with Gasteiger partial charge in [0.05, 0.1) is 12.3 Å². The van der Waals surface area contributed by atoms with Gasteiger partial charge in [-0.05, 0) is 32.4 Å². The van der Waals surface area contributed by atoms with Crippen molar-refractivity contribution >= 4 is 5.91 Å². The van der Waals surface area contributed by atoms with Crippen LogP contribution in [0, 0.1) is 5.92 Å². The van der Waals surface area contributed by atoms with E-state index in [9.17, 15) is 4.79 Å². The quantitative estimate of drug-likeness (QED) is 0.743. The maximum atomic E-state index is 12.6. The molecule has 0 saturated carbocycles. The van der Waals surface area contributed by atoms with Crippen molar-refractivity contribution in [2.24, 2.45) is 5.92 Å². The van der Waals surface area contributed by atoms with E-state index in [4.69, 9.17) is 4.74 Å². The minimum absolute atomic E-state index is 0.0297. The van der Waals surface area contributed by atoms with Gasteiger partial charge in [0.2, 0.25) is 5.91 Å². The predicted octanol–water partition coefficient (Wildman–Crippen LogP) is 1.05. The Morgan fingerprint density at radius 3 is 3.00 bits per heavy atom. The van der Waals surface area contributed by atoms with E-state index in [0.717, 1.165) is 25.8 Å². The first-order valence-electron chi connectivity index (χ1n) is 6.78. The van der Waals surface area contributed by atoms with Gasteiger partial charge in [0.15, 0.2) is 0 Å². The molecule has 3 aliphatic rings. The Morgan fingerprint density at radius 2 is 2.28 bits per heavy atom. The van der Waals surface area contributed by atoms with E-state index in [0.29, 0.717) is 5.92 Å². The number of likely N-dealkylation sites (N-methyl/N-ethyl adjacent to an activating group) is 1. The van der Waals surface area contributed by atoms with Crippen LogP contribution >= 0.6 is 0 Å². The van der Waals surface area contributed by atoms with E-state index < -0.39 is 0 Å². The van der Waals surface area contributed by atoms with Crippen molar-refractivity contribution in [3.63, 3.8) is 0 Å². The first-order valence-corrected chi connectivity index (χ1v) is 6.78. The van der Waals surface area contributed by atoms with Crippen LogP contribution in [0.2, 0.25) is 0 Å². The minimum atomic E-state index is -0.221. The third kappa shape index (κ3) is 1.85. The monoisotopic (exact) mass is 248 g/mol. The second-order valence-electron chi connectivity index (χ2n) is 5.25. The molecule has 0 aromatic heterocycles. The van der Waals surface area contributed by atoms with Crippen molar-refractivity contribution in [2.75, 3.05) is 13.6 Å². The van der Waals surface area contributed by atoms with Crippen molar-refractivity contribution in [3.8, 4) is 0 Å². The molecule has 1 amide bonds. The maximum absolute atomic E-state index is 12.6. The van der Waals surface area contributed by atoms with Crippen LogP contribution in [-0.4, -0.2) is 42.6 Å². The Hall–Kier alpha value is -1.29. The van der Waals surface area contributed by atoms with Gasteiger partial charge in [-0.3, -0.25) is 4.79 Å². The largest absolute Gasteiger partial charge is 0.496 e. The highest BCUT2D eigenvalue weighted by Gasteiger charge is 2.42. The molecule has 1 N–H and O–H groups in total. The Bertz CT molecular complexity index is 391. The van der Waals surface area contributed by atoms with Crippen molar-refractivity contribution < 1.29 is 9.53 Å². The van der Waals surface area contributed by atoms with Crippen LogP contribution in [0.5, 0.6) is 0 Å². The summed E-state index contributed by atoms with van der Waals surface area (Å²) in [4.78, 5) is 14.7. The van der Waals surface area contributed by atoms with E-state index in [1.807, 2.05) is 11.9 Å². The third-order valence-electron chi connectivity index (χ3n) is 4.26. The van der Waals surface area contributed by atoms with E-state index >= 15 is 0 Å². The topological polar surface area (TPSA) is 41.6 Å². The lowest BCUT2D eigenvalue weighted by Gasteiger charge is -2.30. The average Bonchev–Trinajstić information content (AvgIpc) is 3.01. The van der Waals surface area contributed by atoms with Gasteiger partial charge in [0, 0.05) is 12.5 Å². The van der Waals surface area contributed by atoms with Crippen molar-refractivity contribution in [1.29, 1.82) is 0 Å². The van der Waals surface area contributed by atoms with Crippen LogP contribution in [0.3, 0.4) is 0 Å². The molecule has 0 bridgehead atoms. The van der Waals surface area contributed by atoms with Gasteiger partial charge in [0.25, 0.3) is 0 Å². The van der Waals surface area contributed by atoms with Crippen LogP contribution in [0.4, 0.5) is 0 Å². The Morgan fingerprint density at radius 1 is 1.39 bits per heavy atom. The molecule has 4 atom stereocenters. The molecule has 1 aliphatic carbocycles. The number of carbonyl (C=O) groups excluding carboxylic acids is 1. The second-order valence-corrected chi connectivity index (χ2v) is 5.25. The molecule has 4 unspecified atom stereocenters. The number of fused-ring (bicyclic) bond motifs is 1. The van der Waals surface area contributed by atoms with Crippen molar-refractivity contribution in [1.82, 2.24) is 10.2 Å². The summed E-state index contributed by atoms with van der Waals surface area (Å²) in [5, 5.41) is 3.14. The van der Waals surface area contributed by atoms with E-state index in [1.165, 1.54) is 0 Å². The number of ether oxygens (including phenoxy) is 1. The summed E-state index contributed by atoms with van der Waals surface area (Å²) in [5.41, 5.74) is 0. The highest BCUT2D eigenvalue weighted by atomic mass is 16.5. The fraction of sp³-hybridized carbons (Fsp3) is 0.643. The van der Waals surface area contributed by atoms with Gasteiger partial charge in [-0.2, -0.15) is 0 Å². The number of likely N-dealkylation sites (tertiary alicyclic amines) is 1. The molecule has 2 heterocycles. The zero-order chi connectivity index (χ0) is 12.5. The lowest BCUT2D eigenvalue weighted by atomic mass is 9.96. The molecule has 2 aliphatic heterocycles. The normalized spacial score (nSPS) is 38.7. The van der Waals surface area contributed by atoms with E-state index in [2.05, 4.69) is 23.5 Å². The zero-order valence-electron chi connectivity index (χ0n) is 10.7. The standard InChI is InChI=1S/C14H20N2O2/c1-15-12-13-10(7-9-18-13)6-8-16(14(12)17)11-4-2-3-5-11/h2,4,7,9-13,15H,3,5-6,8H2,1H3. The molecule has 98 valence electrons. The molecule has 4 heteroatoms. The molecule has 0 radical (unpaired) electrons. The number of hydrogen-bond acceptors (Lipinski definition) is 3. The molecule has 1 saturated heterocycles. The minimum Gasteiger partial charge on any atom is -0.496 e. The molecular weight excluding hydrogens is 228 g/mol. The molecule has 4 nitrogen and oxygen atoms in total. The van der Waals surface area contributed by atoms with E-state index in [-0.39, 0.29) is 24.1 Å². The number of hydrogen-bond donors (Lipinski definition) is 1. The van der Waals surface area contributed by atoms with Gasteiger partial charge >= 0.3 is 0 Å². The summed E-state index contributed by atoms with van der Waals surface area (Å²) in [5.74, 6) is 0.548. The number of amides is 1. The summed E-state index contributed by atoms with van der Waals surface area (Å²) in [6.07, 6.45) is 11.3. The number of allylic oxidation sites excluding steroid dienone is 1. The summed E-state index contributed by atoms with van der Waals surface area (Å²) >= 11 is 0.